The smallest absolute Gasteiger partial charge is 0.258 e. The van der Waals surface area contributed by atoms with Crippen molar-refractivity contribution in [1.29, 1.82) is 0 Å². The third-order valence-corrected chi connectivity index (χ3v) is 5.80. The Balaban J connectivity index is 1.50. The zero-order chi connectivity index (χ0) is 18.1. The second-order valence-corrected chi connectivity index (χ2v) is 7.50. The largest absolute Gasteiger partial charge is 0.497 e. The number of thiophene rings is 1. The Morgan fingerprint density at radius 3 is 2.81 bits per heavy atom. The number of amides is 1. The number of ether oxygens (including phenoxy) is 1. The van der Waals surface area contributed by atoms with Gasteiger partial charge in [-0.2, -0.15) is 4.98 Å². The van der Waals surface area contributed by atoms with Crippen molar-refractivity contribution in [2.75, 3.05) is 12.4 Å². The van der Waals surface area contributed by atoms with Gasteiger partial charge in [0.25, 0.3) is 5.91 Å². The zero-order valence-electron chi connectivity index (χ0n) is 14.7. The minimum absolute atomic E-state index is 0.224. The summed E-state index contributed by atoms with van der Waals surface area (Å²) < 4.78 is 7.04. The highest BCUT2D eigenvalue weighted by Crippen LogP contribution is 2.35. The van der Waals surface area contributed by atoms with Crippen molar-refractivity contribution >= 4 is 23.2 Å². The first-order chi connectivity index (χ1) is 12.6. The van der Waals surface area contributed by atoms with Gasteiger partial charge in [0.05, 0.1) is 13.7 Å². The second-order valence-electron chi connectivity index (χ2n) is 6.52. The summed E-state index contributed by atoms with van der Waals surface area (Å²) in [6.45, 7) is 3.04. The molecule has 3 heterocycles. The number of fused-ring (bicyclic) bond motifs is 1. The molecule has 2 atom stereocenters. The number of methoxy groups -OCH3 is 1. The highest BCUT2D eigenvalue weighted by atomic mass is 32.1. The van der Waals surface area contributed by atoms with E-state index in [1.807, 2.05) is 4.68 Å². The van der Waals surface area contributed by atoms with Crippen molar-refractivity contribution < 1.29 is 9.53 Å². The van der Waals surface area contributed by atoms with Gasteiger partial charge in [-0.25, -0.2) is 4.68 Å². The van der Waals surface area contributed by atoms with Crippen LogP contribution < -0.4 is 10.1 Å². The molecular formula is C19H20N4O2S. The molecule has 1 amide bonds. The lowest BCUT2D eigenvalue weighted by atomic mass is 9.87. The predicted molar refractivity (Wildman–Crippen MR) is 101 cm³/mol. The molecule has 2 aromatic heterocycles. The molecule has 7 heteroatoms. The fraction of sp³-hybridized carbons (Fsp3) is 0.316. The fourth-order valence-electron chi connectivity index (χ4n) is 3.31. The second kappa shape index (κ2) is 6.92. The SMILES string of the molecule is COc1ccc(C(=O)Nc2nc3n(n2)CC(c2cccs2)C(C)C3)cc1. The van der Waals surface area contributed by atoms with E-state index in [1.165, 1.54) is 4.88 Å². The van der Waals surface area contributed by atoms with Crippen LogP contribution in [-0.2, 0) is 13.0 Å². The number of carbonyl (C=O) groups excluding carboxylic acids is 1. The van der Waals surface area contributed by atoms with E-state index in [9.17, 15) is 4.79 Å². The van der Waals surface area contributed by atoms with E-state index in [2.05, 4.69) is 39.8 Å². The van der Waals surface area contributed by atoms with Crippen molar-refractivity contribution in [3.05, 3.63) is 58.0 Å². The van der Waals surface area contributed by atoms with Gasteiger partial charge >= 0.3 is 0 Å². The molecule has 1 aromatic carbocycles. The number of hydrogen-bond acceptors (Lipinski definition) is 5. The number of anilines is 1. The summed E-state index contributed by atoms with van der Waals surface area (Å²) in [5.41, 5.74) is 0.545. The van der Waals surface area contributed by atoms with Crippen LogP contribution >= 0.6 is 11.3 Å². The van der Waals surface area contributed by atoms with E-state index in [0.717, 1.165) is 18.8 Å². The van der Waals surface area contributed by atoms with E-state index >= 15 is 0 Å². The van der Waals surface area contributed by atoms with Crippen LogP contribution in [0.3, 0.4) is 0 Å². The summed E-state index contributed by atoms with van der Waals surface area (Å²) in [7, 11) is 1.60. The van der Waals surface area contributed by atoms with E-state index in [4.69, 9.17) is 4.74 Å². The summed E-state index contributed by atoms with van der Waals surface area (Å²) in [6.07, 6.45) is 0.855. The van der Waals surface area contributed by atoms with Crippen LogP contribution in [0.25, 0.3) is 0 Å². The number of hydrogen-bond donors (Lipinski definition) is 1. The minimum Gasteiger partial charge on any atom is -0.497 e. The Kier molecular flexibility index (Phi) is 4.46. The van der Waals surface area contributed by atoms with Gasteiger partial charge in [-0.1, -0.05) is 13.0 Å². The van der Waals surface area contributed by atoms with Crippen molar-refractivity contribution in [3.8, 4) is 5.75 Å². The van der Waals surface area contributed by atoms with Crippen LogP contribution in [0.5, 0.6) is 5.75 Å². The first kappa shape index (κ1) is 16.8. The van der Waals surface area contributed by atoms with E-state index in [-0.39, 0.29) is 5.91 Å². The topological polar surface area (TPSA) is 69.0 Å². The lowest BCUT2D eigenvalue weighted by Crippen LogP contribution is -2.26. The van der Waals surface area contributed by atoms with Crippen LogP contribution in [0.1, 0.15) is 33.9 Å². The molecule has 0 fully saturated rings. The number of carbonyl (C=O) groups is 1. The molecule has 0 radical (unpaired) electrons. The molecule has 2 unspecified atom stereocenters. The normalized spacial score (nSPS) is 19.0. The van der Waals surface area contributed by atoms with Crippen LogP contribution in [0, 0.1) is 5.92 Å². The van der Waals surface area contributed by atoms with Crippen LogP contribution in [0.2, 0.25) is 0 Å². The number of benzene rings is 1. The summed E-state index contributed by atoms with van der Waals surface area (Å²) in [5, 5.41) is 9.41. The van der Waals surface area contributed by atoms with Crippen LogP contribution in [-0.4, -0.2) is 27.8 Å². The van der Waals surface area contributed by atoms with Gasteiger partial charge < -0.3 is 4.74 Å². The molecule has 26 heavy (non-hydrogen) atoms. The molecule has 1 N–H and O–H groups in total. The standard InChI is InChI=1S/C19H20N4O2S/c1-12-10-17-20-19(21-18(24)13-5-7-14(25-2)8-6-13)22-23(17)11-15(12)16-4-3-9-26-16/h3-9,12,15H,10-11H2,1-2H3,(H,21,22,24). The minimum atomic E-state index is -0.224. The lowest BCUT2D eigenvalue weighted by Gasteiger charge is -2.27. The average Bonchev–Trinajstić information content (AvgIpc) is 3.30. The van der Waals surface area contributed by atoms with E-state index in [1.54, 1.807) is 42.7 Å². The van der Waals surface area contributed by atoms with Gasteiger partial charge in [-0.15, -0.1) is 16.4 Å². The molecule has 0 bridgehead atoms. The molecule has 0 aliphatic carbocycles. The highest BCUT2D eigenvalue weighted by Gasteiger charge is 2.29. The van der Waals surface area contributed by atoms with Gasteiger partial charge in [-0.05, 0) is 41.6 Å². The van der Waals surface area contributed by atoms with Gasteiger partial charge in [-0.3, -0.25) is 10.1 Å². The molecule has 0 spiro atoms. The summed E-state index contributed by atoms with van der Waals surface area (Å²) >= 11 is 1.78. The Morgan fingerprint density at radius 2 is 2.12 bits per heavy atom. The highest BCUT2D eigenvalue weighted by molar-refractivity contribution is 7.10. The number of aromatic nitrogens is 3. The Labute approximate surface area is 155 Å². The Hall–Kier alpha value is -2.67. The molecule has 1 aliphatic rings. The van der Waals surface area contributed by atoms with Crippen LogP contribution in [0.15, 0.2) is 41.8 Å². The van der Waals surface area contributed by atoms with E-state index in [0.29, 0.717) is 29.1 Å². The maximum Gasteiger partial charge on any atom is 0.258 e. The van der Waals surface area contributed by atoms with Gasteiger partial charge in [0, 0.05) is 22.8 Å². The molecule has 6 nitrogen and oxygen atoms in total. The van der Waals surface area contributed by atoms with Gasteiger partial charge in [0.15, 0.2) is 0 Å². The lowest BCUT2D eigenvalue weighted by molar-refractivity contribution is 0.102. The zero-order valence-corrected chi connectivity index (χ0v) is 15.5. The van der Waals surface area contributed by atoms with Crippen molar-refractivity contribution in [2.45, 2.75) is 25.8 Å². The maximum absolute atomic E-state index is 12.4. The number of rotatable bonds is 4. The molecule has 0 saturated carbocycles. The van der Waals surface area contributed by atoms with Crippen molar-refractivity contribution in [1.82, 2.24) is 14.8 Å². The fourth-order valence-corrected chi connectivity index (χ4v) is 4.26. The monoisotopic (exact) mass is 368 g/mol. The quantitative estimate of drug-likeness (QED) is 0.764. The third kappa shape index (κ3) is 3.22. The average molecular weight is 368 g/mol. The molecule has 3 aromatic rings. The Bertz CT molecular complexity index is 902. The predicted octanol–water partition coefficient (Wildman–Crippen LogP) is 3.58. The molecule has 4 rings (SSSR count). The number of nitrogens with one attached hydrogen (secondary N) is 1. The summed E-state index contributed by atoms with van der Waals surface area (Å²) in [4.78, 5) is 18.3. The molecule has 0 saturated heterocycles. The summed E-state index contributed by atoms with van der Waals surface area (Å²) in [6, 6.07) is 11.2. The van der Waals surface area contributed by atoms with Crippen LogP contribution in [0.4, 0.5) is 5.95 Å². The molecule has 1 aliphatic heterocycles. The molecule has 134 valence electrons. The van der Waals surface area contributed by atoms with Gasteiger partial charge in [0.2, 0.25) is 5.95 Å². The number of nitrogens with zero attached hydrogens (tertiary/aromatic N) is 3. The third-order valence-electron chi connectivity index (χ3n) is 4.80. The van der Waals surface area contributed by atoms with Crippen molar-refractivity contribution in [2.24, 2.45) is 5.92 Å². The maximum atomic E-state index is 12.4. The van der Waals surface area contributed by atoms with E-state index < -0.39 is 0 Å². The first-order valence-electron chi connectivity index (χ1n) is 8.56. The van der Waals surface area contributed by atoms with Crippen molar-refractivity contribution in [3.63, 3.8) is 0 Å². The summed E-state index contributed by atoms with van der Waals surface area (Å²) in [5.74, 6) is 2.71. The first-order valence-corrected chi connectivity index (χ1v) is 9.44. The van der Waals surface area contributed by atoms with Gasteiger partial charge in [0.1, 0.15) is 11.6 Å². The Morgan fingerprint density at radius 1 is 1.31 bits per heavy atom. The molecular weight excluding hydrogens is 348 g/mol.